The molecule has 5 heteroatoms. The van der Waals surface area contributed by atoms with Gasteiger partial charge in [-0.05, 0) is 13.0 Å². The number of nitrogens with zero attached hydrogens (tertiary/aromatic N) is 1. The molecule has 1 aromatic rings. The maximum Gasteiger partial charge on any atom is 0.260 e. The summed E-state index contributed by atoms with van der Waals surface area (Å²) >= 11 is 0. The molecule has 1 saturated heterocycles. The third-order valence-corrected chi connectivity index (χ3v) is 3.15. The van der Waals surface area contributed by atoms with E-state index in [0.29, 0.717) is 38.6 Å². The van der Waals surface area contributed by atoms with Gasteiger partial charge in [0.05, 0.1) is 13.2 Å². The first-order valence-electron chi connectivity index (χ1n) is 6.48. The fourth-order valence-corrected chi connectivity index (χ4v) is 2.05. The van der Waals surface area contributed by atoms with Crippen molar-refractivity contribution in [1.82, 2.24) is 4.90 Å². The molecule has 0 aromatic heterocycles. The molecule has 2 rings (SSSR count). The van der Waals surface area contributed by atoms with Gasteiger partial charge < -0.3 is 20.1 Å². The number of ether oxygens (including phenoxy) is 2. The van der Waals surface area contributed by atoms with Crippen molar-refractivity contribution in [3.05, 3.63) is 29.3 Å². The largest absolute Gasteiger partial charge is 0.483 e. The summed E-state index contributed by atoms with van der Waals surface area (Å²) in [4.78, 5) is 13.7. The molecule has 0 unspecified atom stereocenters. The summed E-state index contributed by atoms with van der Waals surface area (Å²) in [5.74, 6) is 0.682. The number of morpholine rings is 1. The molecule has 0 atom stereocenters. The van der Waals surface area contributed by atoms with Crippen molar-refractivity contribution in [3.8, 4) is 5.75 Å². The van der Waals surface area contributed by atoms with Crippen molar-refractivity contribution in [1.29, 1.82) is 0 Å². The Morgan fingerprint density at radius 3 is 2.84 bits per heavy atom. The molecule has 19 heavy (non-hydrogen) atoms. The number of amides is 1. The fraction of sp³-hybridized carbons (Fsp3) is 0.500. The molecule has 2 N–H and O–H groups in total. The molecule has 0 bridgehead atoms. The van der Waals surface area contributed by atoms with Gasteiger partial charge in [0.15, 0.2) is 6.61 Å². The van der Waals surface area contributed by atoms with Crippen LogP contribution in [0.25, 0.3) is 0 Å². The molecule has 1 aliphatic heterocycles. The van der Waals surface area contributed by atoms with E-state index in [1.54, 1.807) is 4.90 Å². The summed E-state index contributed by atoms with van der Waals surface area (Å²) in [5, 5.41) is 0. The van der Waals surface area contributed by atoms with E-state index >= 15 is 0 Å². The summed E-state index contributed by atoms with van der Waals surface area (Å²) < 4.78 is 10.8. The lowest BCUT2D eigenvalue weighted by Crippen LogP contribution is -2.43. The van der Waals surface area contributed by atoms with Gasteiger partial charge in [-0.1, -0.05) is 17.7 Å². The van der Waals surface area contributed by atoms with E-state index in [2.05, 4.69) is 0 Å². The predicted molar refractivity (Wildman–Crippen MR) is 72.0 cm³/mol. The molecular weight excluding hydrogens is 244 g/mol. The number of hydrogen-bond donors (Lipinski definition) is 1. The Morgan fingerprint density at radius 1 is 1.42 bits per heavy atom. The Balaban J connectivity index is 1.92. The number of benzene rings is 1. The summed E-state index contributed by atoms with van der Waals surface area (Å²) in [7, 11) is 0. The first-order chi connectivity index (χ1) is 9.20. The van der Waals surface area contributed by atoms with Crippen molar-refractivity contribution < 1.29 is 14.3 Å². The lowest BCUT2D eigenvalue weighted by atomic mass is 10.1. The van der Waals surface area contributed by atoms with E-state index in [4.69, 9.17) is 15.2 Å². The molecule has 1 aromatic carbocycles. The van der Waals surface area contributed by atoms with E-state index in [0.717, 1.165) is 11.1 Å². The number of rotatable bonds is 4. The molecule has 0 aliphatic carbocycles. The van der Waals surface area contributed by atoms with E-state index in [9.17, 15) is 4.79 Å². The van der Waals surface area contributed by atoms with Crippen molar-refractivity contribution in [2.24, 2.45) is 5.73 Å². The van der Waals surface area contributed by atoms with Crippen LogP contribution in [0, 0.1) is 6.92 Å². The summed E-state index contributed by atoms with van der Waals surface area (Å²) in [6.07, 6.45) is 0. The van der Waals surface area contributed by atoms with Crippen LogP contribution in [0.2, 0.25) is 0 Å². The van der Waals surface area contributed by atoms with Crippen molar-refractivity contribution >= 4 is 5.91 Å². The zero-order valence-corrected chi connectivity index (χ0v) is 11.2. The highest BCUT2D eigenvalue weighted by Gasteiger charge is 2.17. The monoisotopic (exact) mass is 264 g/mol. The molecule has 1 aliphatic rings. The number of carbonyl (C=O) groups excluding carboxylic acids is 1. The van der Waals surface area contributed by atoms with Crippen LogP contribution in [-0.2, 0) is 16.1 Å². The lowest BCUT2D eigenvalue weighted by molar-refractivity contribution is -0.137. The van der Waals surface area contributed by atoms with Crippen LogP contribution in [0.1, 0.15) is 11.1 Å². The van der Waals surface area contributed by atoms with Crippen LogP contribution < -0.4 is 10.5 Å². The van der Waals surface area contributed by atoms with Crippen LogP contribution in [0.4, 0.5) is 0 Å². The van der Waals surface area contributed by atoms with Gasteiger partial charge in [-0.15, -0.1) is 0 Å². The average molecular weight is 264 g/mol. The number of nitrogens with two attached hydrogens (primary N) is 1. The molecular formula is C14H20N2O3. The van der Waals surface area contributed by atoms with Gasteiger partial charge in [-0.2, -0.15) is 0 Å². The number of hydrogen-bond acceptors (Lipinski definition) is 4. The topological polar surface area (TPSA) is 64.8 Å². The summed E-state index contributed by atoms with van der Waals surface area (Å²) in [6, 6.07) is 5.80. The highest BCUT2D eigenvalue weighted by molar-refractivity contribution is 5.77. The van der Waals surface area contributed by atoms with Gasteiger partial charge in [0.2, 0.25) is 0 Å². The third kappa shape index (κ3) is 3.68. The SMILES string of the molecule is Cc1ccc(OCC(=O)N2CCOCC2)c(CN)c1. The van der Waals surface area contributed by atoms with Crippen LogP contribution in [0.15, 0.2) is 18.2 Å². The van der Waals surface area contributed by atoms with Gasteiger partial charge in [-0.25, -0.2) is 0 Å². The van der Waals surface area contributed by atoms with Crippen LogP contribution in [-0.4, -0.2) is 43.7 Å². The van der Waals surface area contributed by atoms with E-state index in [-0.39, 0.29) is 12.5 Å². The zero-order valence-electron chi connectivity index (χ0n) is 11.2. The first-order valence-corrected chi connectivity index (χ1v) is 6.48. The zero-order chi connectivity index (χ0) is 13.7. The molecule has 1 fully saturated rings. The minimum Gasteiger partial charge on any atom is -0.483 e. The normalized spacial score (nSPS) is 15.4. The van der Waals surface area contributed by atoms with Gasteiger partial charge >= 0.3 is 0 Å². The Kier molecular flexibility index (Phi) is 4.76. The Bertz CT molecular complexity index is 442. The fourth-order valence-electron chi connectivity index (χ4n) is 2.05. The van der Waals surface area contributed by atoms with E-state index in [1.165, 1.54) is 0 Å². The van der Waals surface area contributed by atoms with Gasteiger partial charge in [0.25, 0.3) is 5.91 Å². The summed E-state index contributed by atoms with van der Waals surface area (Å²) in [6.45, 7) is 4.94. The van der Waals surface area contributed by atoms with Gasteiger partial charge in [0.1, 0.15) is 5.75 Å². The second-order valence-corrected chi connectivity index (χ2v) is 4.60. The van der Waals surface area contributed by atoms with Gasteiger partial charge in [-0.3, -0.25) is 4.79 Å². The molecule has 0 saturated carbocycles. The average Bonchev–Trinajstić information content (AvgIpc) is 2.46. The molecule has 0 radical (unpaired) electrons. The highest BCUT2D eigenvalue weighted by Crippen LogP contribution is 2.19. The Morgan fingerprint density at radius 2 is 2.16 bits per heavy atom. The second-order valence-electron chi connectivity index (χ2n) is 4.60. The van der Waals surface area contributed by atoms with Crippen molar-refractivity contribution in [3.63, 3.8) is 0 Å². The third-order valence-electron chi connectivity index (χ3n) is 3.15. The van der Waals surface area contributed by atoms with E-state index in [1.807, 2.05) is 25.1 Å². The minimum absolute atomic E-state index is 0.00755. The Hall–Kier alpha value is -1.59. The van der Waals surface area contributed by atoms with Crippen molar-refractivity contribution in [2.45, 2.75) is 13.5 Å². The van der Waals surface area contributed by atoms with Crippen LogP contribution in [0.5, 0.6) is 5.75 Å². The first kappa shape index (κ1) is 13.8. The van der Waals surface area contributed by atoms with Crippen LogP contribution >= 0.6 is 0 Å². The summed E-state index contributed by atoms with van der Waals surface area (Å²) in [5.41, 5.74) is 7.73. The minimum atomic E-state index is -0.00755. The van der Waals surface area contributed by atoms with Crippen molar-refractivity contribution in [2.75, 3.05) is 32.9 Å². The number of aryl methyl sites for hydroxylation is 1. The van der Waals surface area contributed by atoms with Gasteiger partial charge in [0, 0.05) is 25.2 Å². The van der Waals surface area contributed by atoms with E-state index < -0.39 is 0 Å². The molecule has 0 spiro atoms. The quantitative estimate of drug-likeness (QED) is 0.869. The molecule has 104 valence electrons. The lowest BCUT2D eigenvalue weighted by Gasteiger charge is -2.26. The predicted octanol–water partition coefficient (Wildman–Crippen LogP) is 0.691. The van der Waals surface area contributed by atoms with Crippen LogP contribution in [0.3, 0.4) is 0 Å². The maximum atomic E-state index is 12.0. The second kappa shape index (κ2) is 6.54. The smallest absolute Gasteiger partial charge is 0.260 e. The highest BCUT2D eigenvalue weighted by atomic mass is 16.5. The Labute approximate surface area is 113 Å². The number of carbonyl (C=O) groups is 1. The molecule has 5 nitrogen and oxygen atoms in total. The standard InChI is InChI=1S/C14H20N2O3/c1-11-2-3-13(12(8-11)9-15)19-10-14(17)16-4-6-18-7-5-16/h2-3,8H,4-7,9-10,15H2,1H3. The molecule has 1 heterocycles. The maximum absolute atomic E-state index is 12.0. The molecule has 1 amide bonds.